The molecule has 0 aliphatic carbocycles. The highest BCUT2D eigenvalue weighted by molar-refractivity contribution is 7.99. The molecule has 0 bridgehead atoms. The van der Waals surface area contributed by atoms with Gasteiger partial charge in [-0.25, -0.2) is 0 Å². The molecule has 1 aromatic carbocycles. The fourth-order valence-corrected chi connectivity index (χ4v) is 2.67. The van der Waals surface area contributed by atoms with Crippen molar-refractivity contribution in [2.45, 2.75) is 25.2 Å². The molecule has 82 valence electrons. The van der Waals surface area contributed by atoms with Crippen LogP contribution in [0, 0.1) is 5.92 Å². The highest BCUT2D eigenvalue weighted by Gasteiger charge is 2.03. The average molecular weight is 243 g/mol. The molecule has 0 aromatic heterocycles. The van der Waals surface area contributed by atoms with E-state index in [9.17, 15) is 4.79 Å². The zero-order chi connectivity index (χ0) is 11.3. The summed E-state index contributed by atoms with van der Waals surface area (Å²) in [4.78, 5) is 11.8. The predicted molar refractivity (Wildman–Crippen MR) is 67.0 cm³/mol. The Kier molecular flexibility index (Phi) is 5.20. The molecule has 0 unspecified atom stereocenters. The first-order valence-electron chi connectivity index (χ1n) is 5.01. The summed E-state index contributed by atoms with van der Waals surface area (Å²) in [5.41, 5.74) is 0.730. The van der Waals surface area contributed by atoms with Crippen molar-refractivity contribution >= 4 is 29.6 Å². The van der Waals surface area contributed by atoms with Gasteiger partial charge in [-0.2, -0.15) is 0 Å². The maximum absolute atomic E-state index is 10.8. The van der Waals surface area contributed by atoms with E-state index in [4.69, 9.17) is 11.6 Å². The third kappa shape index (κ3) is 4.27. The molecule has 0 amide bonds. The molecule has 0 N–H and O–H groups in total. The number of thioether (sulfide) groups is 1. The number of hydrogen-bond donors (Lipinski definition) is 0. The first-order chi connectivity index (χ1) is 7.13. The molecule has 0 saturated carbocycles. The molecule has 1 aromatic rings. The molecule has 0 fully saturated rings. The number of halogens is 1. The lowest BCUT2D eigenvalue weighted by molar-refractivity contribution is 0.112. The number of benzene rings is 1. The fraction of sp³-hybridized carbons (Fsp3) is 0.417. The third-order valence-corrected chi connectivity index (χ3v) is 3.39. The van der Waals surface area contributed by atoms with Gasteiger partial charge in [-0.15, -0.1) is 11.8 Å². The van der Waals surface area contributed by atoms with E-state index in [0.717, 1.165) is 28.9 Å². The van der Waals surface area contributed by atoms with Gasteiger partial charge < -0.3 is 0 Å². The van der Waals surface area contributed by atoms with E-state index in [-0.39, 0.29) is 0 Å². The molecular weight excluding hydrogens is 228 g/mol. The van der Waals surface area contributed by atoms with Crippen LogP contribution < -0.4 is 0 Å². The van der Waals surface area contributed by atoms with Crippen LogP contribution in [-0.2, 0) is 0 Å². The Morgan fingerprint density at radius 1 is 1.47 bits per heavy atom. The van der Waals surface area contributed by atoms with Crippen LogP contribution in [-0.4, -0.2) is 12.0 Å². The summed E-state index contributed by atoms with van der Waals surface area (Å²) in [7, 11) is 0. The fourth-order valence-electron chi connectivity index (χ4n) is 1.14. The lowest BCUT2D eigenvalue weighted by atomic mass is 10.2. The molecule has 1 nitrogen and oxygen atoms in total. The number of hydrogen-bond acceptors (Lipinski definition) is 2. The number of carbonyl (C=O) groups excluding carboxylic acids is 1. The number of rotatable bonds is 5. The van der Waals surface area contributed by atoms with Gasteiger partial charge in [-0.1, -0.05) is 25.4 Å². The Morgan fingerprint density at radius 2 is 2.20 bits per heavy atom. The molecule has 0 heterocycles. The monoisotopic (exact) mass is 242 g/mol. The van der Waals surface area contributed by atoms with Crippen LogP contribution in [0.3, 0.4) is 0 Å². The van der Waals surface area contributed by atoms with Gasteiger partial charge in [-0.3, -0.25) is 4.79 Å². The summed E-state index contributed by atoms with van der Waals surface area (Å²) in [5, 5.41) is 0.688. The van der Waals surface area contributed by atoms with Crippen LogP contribution in [0.4, 0.5) is 0 Å². The molecule has 3 heteroatoms. The second-order valence-corrected chi connectivity index (χ2v) is 5.40. The smallest absolute Gasteiger partial charge is 0.151 e. The molecule has 15 heavy (non-hydrogen) atoms. The Hall–Kier alpha value is -0.470. The molecule has 0 aliphatic heterocycles. The van der Waals surface area contributed by atoms with Gasteiger partial charge in [0.05, 0.1) is 0 Å². The van der Waals surface area contributed by atoms with E-state index in [1.165, 1.54) is 0 Å². The van der Waals surface area contributed by atoms with Crippen LogP contribution in [0.1, 0.15) is 30.6 Å². The maximum Gasteiger partial charge on any atom is 0.151 e. The van der Waals surface area contributed by atoms with Crippen molar-refractivity contribution in [3.05, 3.63) is 28.8 Å². The summed E-state index contributed by atoms with van der Waals surface area (Å²) in [6.07, 6.45) is 2.03. The molecule has 0 aliphatic rings. The van der Waals surface area contributed by atoms with E-state index in [0.29, 0.717) is 10.9 Å². The standard InChI is InChI=1S/C12H15ClOS/c1-9(2)5-6-15-12-7-11(13)4-3-10(12)8-14/h3-4,7-9H,5-6H2,1-2H3. The number of aldehydes is 1. The minimum Gasteiger partial charge on any atom is -0.298 e. The summed E-state index contributed by atoms with van der Waals surface area (Å²) in [6, 6.07) is 5.38. The zero-order valence-electron chi connectivity index (χ0n) is 9.00. The molecular formula is C12H15ClOS. The zero-order valence-corrected chi connectivity index (χ0v) is 10.6. The quantitative estimate of drug-likeness (QED) is 0.566. The largest absolute Gasteiger partial charge is 0.298 e. The topological polar surface area (TPSA) is 17.1 Å². The highest BCUT2D eigenvalue weighted by Crippen LogP contribution is 2.26. The molecule has 0 radical (unpaired) electrons. The van der Waals surface area contributed by atoms with E-state index in [1.807, 2.05) is 6.07 Å². The summed E-state index contributed by atoms with van der Waals surface area (Å²) < 4.78 is 0. The van der Waals surface area contributed by atoms with Gasteiger partial charge in [-0.05, 0) is 36.3 Å². The third-order valence-electron chi connectivity index (χ3n) is 2.06. The van der Waals surface area contributed by atoms with Gasteiger partial charge >= 0.3 is 0 Å². The van der Waals surface area contributed by atoms with Gasteiger partial charge in [0, 0.05) is 15.5 Å². The van der Waals surface area contributed by atoms with E-state index in [1.54, 1.807) is 23.9 Å². The SMILES string of the molecule is CC(C)CCSc1cc(Cl)ccc1C=O. The average Bonchev–Trinajstić information content (AvgIpc) is 2.17. The lowest BCUT2D eigenvalue weighted by Crippen LogP contribution is -1.91. The van der Waals surface area contributed by atoms with Crippen LogP contribution in [0.25, 0.3) is 0 Å². The van der Waals surface area contributed by atoms with Crippen molar-refractivity contribution in [1.82, 2.24) is 0 Å². The van der Waals surface area contributed by atoms with E-state index < -0.39 is 0 Å². The Morgan fingerprint density at radius 3 is 2.80 bits per heavy atom. The van der Waals surface area contributed by atoms with Crippen molar-refractivity contribution < 1.29 is 4.79 Å². The van der Waals surface area contributed by atoms with Crippen molar-refractivity contribution in [2.75, 3.05) is 5.75 Å². The normalized spacial score (nSPS) is 10.7. The maximum atomic E-state index is 10.8. The van der Waals surface area contributed by atoms with E-state index in [2.05, 4.69) is 13.8 Å². The minimum atomic E-state index is 0.688. The summed E-state index contributed by atoms with van der Waals surface area (Å²) in [5.74, 6) is 1.72. The predicted octanol–water partition coefficient (Wildman–Crippen LogP) is 4.29. The van der Waals surface area contributed by atoms with Gasteiger partial charge in [0.25, 0.3) is 0 Å². The van der Waals surface area contributed by atoms with Gasteiger partial charge in [0.1, 0.15) is 0 Å². The summed E-state index contributed by atoms with van der Waals surface area (Å²) in [6.45, 7) is 4.39. The van der Waals surface area contributed by atoms with Gasteiger partial charge in [0.2, 0.25) is 0 Å². The minimum absolute atomic E-state index is 0.688. The lowest BCUT2D eigenvalue weighted by Gasteiger charge is -2.06. The molecule has 0 spiro atoms. The van der Waals surface area contributed by atoms with Crippen molar-refractivity contribution in [2.24, 2.45) is 5.92 Å². The van der Waals surface area contributed by atoms with Crippen LogP contribution in [0.2, 0.25) is 5.02 Å². The van der Waals surface area contributed by atoms with Crippen LogP contribution >= 0.6 is 23.4 Å². The number of carbonyl (C=O) groups is 1. The van der Waals surface area contributed by atoms with E-state index >= 15 is 0 Å². The Labute approximate surface area is 100 Å². The molecule has 0 saturated heterocycles. The Bertz CT molecular complexity index is 336. The summed E-state index contributed by atoms with van der Waals surface area (Å²) >= 11 is 7.58. The van der Waals surface area contributed by atoms with Crippen LogP contribution in [0.15, 0.2) is 23.1 Å². The van der Waals surface area contributed by atoms with Crippen molar-refractivity contribution in [1.29, 1.82) is 0 Å². The molecule has 0 atom stereocenters. The van der Waals surface area contributed by atoms with Crippen molar-refractivity contribution in [3.8, 4) is 0 Å². The first kappa shape index (κ1) is 12.6. The van der Waals surface area contributed by atoms with Crippen molar-refractivity contribution in [3.63, 3.8) is 0 Å². The van der Waals surface area contributed by atoms with Crippen LogP contribution in [0.5, 0.6) is 0 Å². The highest BCUT2D eigenvalue weighted by atomic mass is 35.5. The Balaban J connectivity index is 2.66. The van der Waals surface area contributed by atoms with Gasteiger partial charge in [0.15, 0.2) is 6.29 Å². The second kappa shape index (κ2) is 6.19. The molecule has 1 rings (SSSR count). The first-order valence-corrected chi connectivity index (χ1v) is 6.37. The second-order valence-electron chi connectivity index (χ2n) is 3.83.